The van der Waals surface area contributed by atoms with Gasteiger partial charge in [0.2, 0.25) is 0 Å². The fourth-order valence-corrected chi connectivity index (χ4v) is 5.56. The molecule has 1 heteroatoms. The van der Waals surface area contributed by atoms with Crippen molar-refractivity contribution in [1.29, 1.82) is 0 Å². The molecule has 1 aromatic heterocycles. The summed E-state index contributed by atoms with van der Waals surface area (Å²) in [6, 6.07) is 13.7. The molecule has 1 aromatic carbocycles. The molecule has 0 N–H and O–H groups in total. The summed E-state index contributed by atoms with van der Waals surface area (Å²) >= 11 is 0. The third-order valence-electron chi connectivity index (χ3n) is 7.92. The lowest BCUT2D eigenvalue weighted by Gasteiger charge is -2.28. The number of rotatable bonds is 15. The van der Waals surface area contributed by atoms with Gasteiger partial charge in [-0.05, 0) is 54.7 Å². The van der Waals surface area contributed by atoms with Crippen LogP contribution in [-0.4, -0.2) is 4.98 Å². The van der Waals surface area contributed by atoms with Crippen LogP contribution in [0, 0.1) is 11.8 Å². The molecule has 0 bridgehead atoms. The van der Waals surface area contributed by atoms with Crippen LogP contribution in [0.5, 0.6) is 0 Å². The number of nitrogens with zero attached hydrogens (tertiary/aromatic N) is 1. The van der Waals surface area contributed by atoms with Crippen molar-refractivity contribution in [2.24, 2.45) is 11.8 Å². The summed E-state index contributed by atoms with van der Waals surface area (Å²) < 4.78 is 0. The molecule has 0 saturated heterocycles. The van der Waals surface area contributed by atoms with Gasteiger partial charge < -0.3 is 0 Å². The van der Waals surface area contributed by atoms with Crippen LogP contribution in [0.15, 0.2) is 42.6 Å². The zero-order chi connectivity index (χ0) is 23.1. The minimum absolute atomic E-state index is 0.951. The highest BCUT2D eigenvalue weighted by Gasteiger charge is 2.20. The zero-order valence-electron chi connectivity index (χ0n) is 21.7. The molecule has 1 aliphatic carbocycles. The molecule has 33 heavy (non-hydrogen) atoms. The molecule has 1 aliphatic rings. The van der Waals surface area contributed by atoms with Crippen molar-refractivity contribution in [3.05, 3.63) is 53.7 Å². The van der Waals surface area contributed by atoms with E-state index in [1.54, 1.807) is 0 Å². The van der Waals surface area contributed by atoms with Gasteiger partial charge in [0.15, 0.2) is 0 Å². The molecule has 0 unspecified atom stereocenters. The predicted octanol–water partition coefficient (Wildman–Crippen LogP) is 9.97. The number of unbranched alkanes of at least 4 members (excludes halogenated alkanes) is 7. The van der Waals surface area contributed by atoms with Crippen LogP contribution in [0.1, 0.15) is 121 Å². The summed E-state index contributed by atoms with van der Waals surface area (Å²) in [5, 5.41) is 0. The number of benzene rings is 1. The summed E-state index contributed by atoms with van der Waals surface area (Å²) in [6.45, 7) is 4.56. The third-order valence-corrected chi connectivity index (χ3v) is 7.92. The van der Waals surface area contributed by atoms with Gasteiger partial charge >= 0.3 is 0 Å². The Morgan fingerprint density at radius 1 is 0.606 bits per heavy atom. The van der Waals surface area contributed by atoms with Gasteiger partial charge in [0.1, 0.15) is 0 Å². The van der Waals surface area contributed by atoms with E-state index in [0.29, 0.717) is 0 Å². The Morgan fingerprint density at radius 3 is 1.88 bits per heavy atom. The van der Waals surface area contributed by atoms with E-state index >= 15 is 0 Å². The van der Waals surface area contributed by atoms with E-state index in [1.165, 1.54) is 119 Å². The third kappa shape index (κ3) is 9.63. The van der Waals surface area contributed by atoms with Crippen molar-refractivity contribution in [3.8, 4) is 11.3 Å². The van der Waals surface area contributed by atoms with E-state index in [-0.39, 0.29) is 0 Å². The first-order valence-corrected chi connectivity index (χ1v) is 14.3. The summed E-state index contributed by atoms with van der Waals surface area (Å²) in [4.78, 5) is 4.72. The van der Waals surface area contributed by atoms with Gasteiger partial charge in [-0.15, -0.1) is 0 Å². The molecule has 0 amide bonds. The monoisotopic (exact) mass is 447 g/mol. The van der Waals surface area contributed by atoms with Gasteiger partial charge in [-0.1, -0.05) is 128 Å². The molecule has 3 rings (SSSR count). The number of hydrogen-bond donors (Lipinski definition) is 0. The van der Waals surface area contributed by atoms with Crippen LogP contribution in [0.2, 0.25) is 0 Å². The van der Waals surface area contributed by atoms with E-state index < -0.39 is 0 Å². The molecule has 1 nitrogen and oxygen atoms in total. The van der Waals surface area contributed by atoms with Crippen molar-refractivity contribution in [3.63, 3.8) is 0 Å². The maximum absolute atomic E-state index is 4.72. The van der Waals surface area contributed by atoms with Gasteiger partial charge in [-0.25, -0.2) is 0 Å². The Bertz CT molecular complexity index is 737. The minimum atomic E-state index is 0.951. The molecule has 1 fully saturated rings. The number of hydrogen-bond acceptors (Lipinski definition) is 1. The molecule has 182 valence electrons. The molecular formula is C32H49N. The second-order valence-corrected chi connectivity index (χ2v) is 10.7. The maximum atomic E-state index is 4.72. The van der Waals surface area contributed by atoms with E-state index in [0.717, 1.165) is 24.0 Å². The van der Waals surface area contributed by atoms with Crippen molar-refractivity contribution >= 4 is 0 Å². The Balaban J connectivity index is 1.33. The first-order chi connectivity index (χ1) is 16.3. The normalized spacial score (nSPS) is 18.5. The number of aryl methyl sites for hydroxylation is 2. The lowest BCUT2D eigenvalue weighted by Crippen LogP contribution is -2.15. The highest BCUT2D eigenvalue weighted by atomic mass is 14.7. The average molecular weight is 448 g/mol. The highest BCUT2D eigenvalue weighted by molar-refractivity contribution is 5.59. The standard InChI is InChI=1S/C32H49N/c1-3-5-7-8-9-11-12-27-14-16-28(17-15-27)18-19-29-20-23-31(24-21-29)32-25-22-30(26-33-32)13-10-6-4-2/h20-28H,3-19H2,1-2H3/t27-,28-. The van der Waals surface area contributed by atoms with E-state index in [1.807, 2.05) is 0 Å². The Morgan fingerprint density at radius 2 is 1.21 bits per heavy atom. The predicted molar refractivity (Wildman–Crippen MR) is 145 cm³/mol. The molecule has 1 saturated carbocycles. The summed E-state index contributed by atoms with van der Waals surface area (Å²) in [7, 11) is 0. The van der Waals surface area contributed by atoms with Gasteiger partial charge in [0, 0.05) is 11.8 Å². The molecule has 0 aliphatic heterocycles. The molecule has 1 heterocycles. The topological polar surface area (TPSA) is 12.9 Å². The Labute approximate surface area is 204 Å². The highest BCUT2D eigenvalue weighted by Crippen LogP contribution is 2.34. The van der Waals surface area contributed by atoms with E-state index in [9.17, 15) is 0 Å². The largest absolute Gasteiger partial charge is 0.256 e. The molecule has 2 aromatic rings. The Kier molecular flexibility index (Phi) is 12.1. The fraction of sp³-hybridized carbons (Fsp3) is 0.656. The quantitative estimate of drug-likeness (QED) is 0.247. The van der Waals surface area contributed by atoms with Crippen LogP contribution >= 0.6 is 0 Å². The van der Waals surface area contributed by atoms with Gasteiger partial charge in [0.05, 0.1) is 5.69 Å². The lowest BCUT2D eigenvalue weighted by atomic mass is 9.77. The van der Waals surface area contributed by atoms with E-state index in [4.69, 9.17) is 4.98 Å². The maximum Gasteiger partial charge on any atom is 0.0702 e. The fourth-order valence-electron chi connectivity index (χ4n) is 5.56. The van der Waals surface area contributed by atoms with Crippen LogP contribution in [0.25, 0.3) is 11.3 Å². The average Bonchev–Trinajstić information content (AvgIpc) is 2.86. The second-order valence-electron chi connectivity index (χ2n) is 10.7. The van der Waals surface area contributed by atoms with Gasteiger partial charge in [0.25, 0.3) is 0 Å². The van der Waals surface area contributed by atoms with Crippen molar-refractivity contribution in [2.45, 2.75) is 123 Å². The SMILES string of the molecule is CCCCCCCC[C@H]1CC[C@H](CCc2ccc(-c3ccc(CCCCC)cn3)cc2)CC1. The van der Waals surface area contributed by atoms with Gasteiger partial charge in [-0.3, -0.25) is 4.98 Å². The summed E-state index contributed by atoms with van der Waals surface area (Å²) in [5.41, 5.74) is 5.20. The molecule has 0 radical (unpaired) electrons. The van der Waals surface area contributed by atoms with Crippen molar-refractivity contribution in [2.75, 3.05) is 0 Å². The van der Waals surface area contributed by atoms with Crippen LogP contribution < -0.4 is 0 Å². The molecule has 0 spiro atoms. The Hall–Kier alpha value is -1.63. The smallest absolute Gasteiger partial charge is 0.0702 e. The number of aromatic nitrogens is 1. The van der Waals surface area contributed by atoms with Crippen LogP contribution in [0.4, 0.5) is 0 Å². The molecule has 0 atom stereocenters. The lowest BCUT2D eigenvalue weighted by molar-refractivity contribution is 0.248. The first-order valence-electron chi connectivity index (χ1n) is 14.3. The molecular weight excluding hydrogens is 398 g/mol. The second kappa shape index (κ2) is 15.3. The summed E-state index contributed by atoms with van der Waals surface area (Å²) in [6.07, 6.45) is 25.7. The van der Waals surface area contributed by atoms with Crippen LogP contribution in [-0.2, 0) is 12.8 Å². The van der Waals surface area contributed by atoms with Crippen LogP contribution in [0.3, 0.4) is 0 Å². The van der Waals surface area contributed by atoms with Crippen molar-refractivity contribution in [1.82, 2.24) is 4.98 Å². The summed E-state index contributed by atoms with van der Waals surface area (Å²) in [5.74, 6) is 1.98. The zero-order valence-corrected chi connectivity index (χ0v) is 21.7. The first kappa shape index (κ1) is 26.0. The van der Waals surface area contributed by atoms with Crippen molar-refractivity contribution < 1.29 is 0 Å². The van der Waals surface area contributed by atoms with Gasteiger partial charge in [-0.2, -0.15) is 0 Å². The number of pyridine rings is 1. The van der Waals surface area contributed by atoms with E-state index in [2.05, 4.69) is 56.4 Å². The minimum Gasteiger partial charge on any atom is -0.256 e.